The van der Waals surface area contributed by atoms with E-state index in [0.717, 1.165) is 39.1 Å². The van der Waals surface area contributed by atoms with Crippen LogP contribution in [-0.4, -0.2) is 20.3 Å². The van der Waals surface area contributed by atoms with Crippen molar-refractivity contribution >= 4 is 5.91 Å². The van der Waals surface area contributed by atoms with E-state index in [1.165, 1.54) is 0 Å². The van der Waals surface area contributed by atoms with Crippen LogP contribution in [0, 0.1) is 0 Å². The highest BCUT2D eigenvalue weighted by Crippen LogP contribution is 2.29. The number of benzene rings is 3. The Kier molecular flexibility index (Phi) is 6.86. The van der Waals surface area contributed by atoms with Crippen molar-refractivity contribution in [2.75, 3.05) is 0 Å². The number of nitrogens with one attached hydrogen (secondary N) is 1. The SMILES string of the molecule is C[C@@H](NC(=O)c1nn(-c2ccc(C(F)(F)F)cc2)c(=O)n(Cc2ccccc2)c1=O)c1ccccc1. The van der Waals surface area contributed by atoms with Crippen molar-refractivity contribution < 1.29 is 18.0 Å². The van der Waals surface area contributed by atoms with Crippen molar-refractivity contribution in [3.8, 4) is 5.69 Å². The molecule has 1 atom stereocenters. The molecule has 0 fully saturated rings. The van der Waals surface area contributed by atoms with Gasteiger partial charge in [0.2, 0.25) is 5.69 Å². The van der Waals surface area contributed by atoms with Crippen LogP contribution in [0.3, 0.4) is 0 Å². The third-order valence-corrected chi connectivity index (χ3v) is 5.54. The molecule has 0 aliphatic rings. The summed E-state index contributed by atoms with van der Waals surface area (Å²) in [4.78, 5) is 39.5. The van der Waals surface area contributed by atoms with Gasteiger partial charge >= 0.3 is 11.9 Å². The average Bonchev–Trinajstić information content (AvgIpc) is 2.87. The highest BCUT2D eigenvalue weighted by atomic mass is 19.4. The number of carbonyl (C=O) groups excluding carboxylic acids is 1. The molecular weight excluding hydrogens is 473 g/mol. The number of aromatic nitrogens is 3. The summed E-state index contributed by atoms with van der Waals surface area (Å²) in [5.41, 5.74) is -1.90. The molecule has 0 saturated heterocycles. The lowest BCUT2D eigenvalue weighted by Gasteiger charge is -2.16. The Morgan fingerprint density at radius 3 is 2.08 bits per heavy atom. The highest BCUT2D eigenvalue weighted by molar-refractivity contribution is 5.92. The second kappa shape index (κ2) is 10.0. The molecule has 1 aromatic heterocycles. The fourth-order valence-corrected chi connectivity index (χ4v) is 3.61. The maximum atomic E-state index is 13.2. The summed E-state index contributed by atoms with van der Waals surface area (Å²) in [5, 5.41) is 6.65. The van der Waals surface area contributed by atoms with Gasteiger partial charge in [0, 0.05) is 0 Å². The first-order valence-electron chi connectivity index (χ1n) is 11.0. The number of nitrogens with zero attached hydrogens (tertiary/aromatic N) is 3. The van der Waals surface area contributed by atoms with Gasteiger partial charge in [0.15, 0.2) is 0 Å². The predicted molar refractivity (Wildman–Crippen MR) is 127 cm³/mol. The van der Waals surface area contributed by atoms with Gasteiger partial charge in [0.1, 0.15) is 0 Å². The molecule has 0 unspecified atom stereocenters. The number of alkyl halides is 3. The van der Waals surface area contributed by atoms with E-state index in [9.17, 15) is 27.6 Å². The monoisotopic (exact) mass is 494 g/mol. The lowest BCUT2D eigenvalue weighted by Crippen LogP contribution is -2.46. The molecule has 0 radical (unpaired) electrons. The van der Waals surface area contributed by atoms with Gasteiger partial charge in [-0.05, 0) is 42.3 Å². The standard InChI is InChI=1S/C26H21F3N4O3/c1-17(19-10-6-3-7-11-19)30-23(34)22-24(35)32(16-18-8-4-2-5-9-18)25(36)33(31-22)21-14-12-20(13-15-21)26(27,28)29/h2-15,17H,16H2,1H3,(H,30,34)/t17-/m1/s1. The Balaban J connectivity index is 1.80. The Morgan fingerprint density at radius 1 is 0.917 bits per heavy atom. The normalized spacial score (nSPS) is 12.2. The number of carbonyl (C=O) groups is 1. The van der Waals surface area contributed by atoms with Crippen molar-refractivity contribution in [1.29, 1.82) is 0 Å². The molecule has 4 aromatic rings. The maximum Gasteiger partial charge on any atom is 0.416 e. The van der Waals surface area contributed by atoms with E-state index < -0.39 is 40.6 Å². The van der Waals surface area contributed by atoms with E-state index in [1.54, 1.807) is 61.5 Å². The van der Waals surface area contributed by atoms with Gasteiger partial charge in [-0.25, -0.2) is 4.79 Å². The van der Waals surface area contributed by atoms with E-state index in [-0.39, 0.29) is 12.2 Å². The lowest BCUT2D eigenvalue weighted by atomic mass is 10.1. The van der Waals surface area contributed by atoms with Gasteiger partial charge in [-0.3, -0.25) is 14.2 Å². The molecular formula is C26H21F3N4O3. The summed E-state index contributed by atoms with van der Waals surface area (Å²) >= 11 is 0. The molecule has 0 saturated carbocycles. The van der Waals surface area contributed by atoms with Crippen LogP contribution >= 0.6 is 0 Å². The molecule has 0 bridgehead atoms. The topological polar surface area (TPSA) is 86.0 Å². The molecule has 1 heterocycles. The molecule has 10 heteroatoms. The summed E-state index contributed by atoms with van der Waals surface area (Å²) in [6.07, 6.45) is -4.57. The second-order valence-corrected chi connectivity index (χ2v) is 8.07. The minimum Gasteiger partial charge on any atom is -0.344 e. The van der Waals surface area contributed by atoms with Crippen LogP contribution in [0.2, 0.25) is 0 Å². The fraction of sp³-hybridized carbons (Fsp3) is 0.154. The highest BCUT2D eigenvalue weighted by Gasteiger charge is 2.30. The van der Waals surface area contributed by atoms with Crippen LogP contribution < -0.4 is 16.6 Å². The smallest absolute Gasteiger partial charge is 0.344 e. The minimum atomic E-state index is -4.57. The Morgan fingerprint density at radius 2 is 1.50 bits per heavy atom. The molecule has 184 valence electrons. The van der Waals surface area contributed by atoms with Crippen LogP contribution in [0.4, 0.5) is 13.2 Å². The largest absolute Gasteiger partial charge is 0.416 e. The summed E-state index contributed by atoms with van der Waals surface area (Å²) in [5.74, 6) is -0.821. The summed E-state index contributed by atoms with van der Waals surface area (Å²) in [7, 11) is 0. The summed E-state index contributed by atoms with van der Waals surface area (Å²) in [6, 6.07) is 20.9. The lowest BCUT2D eigenvalue weighted by molar-refractivity contribution is -0.137. The molecule has 7 nitrogen and oxygen atoms in total. The van der Waals surface area contributed by atoms with Gasteiger partial charge in [-0.1, -0.05) is 60.7 Å². The molecule has 0 aliphatic carbocycles. The zero-order valence-electron chi connectivity index (χ0n) is 19.1. The van der Waals surface area contributed by atoms with Gasteiger partial charge in [-0.15, -0.1) is 0 Å². The van der Waals surface area contributed by atoms with Gasteiger partial charge in [-0.2, -0.15) is 23.0 Å². The van der Waals surface area contributed by atoms with Crippen molar-refractivity contribution in [2.45, 2.75) is 25.7 Å². The number of rotatable bonds is 6. The Labute approximate surface area is 203 Å². The fourth-order valence-electron chi connectivity index (χ4n) is 3.61. The first-order valence-corrected chi connectivity index (χ1v) is 11.0. The third-order valence-electron chi connectivity index (χ3n) is 5.54. The van der Waals surface area contributed by atoms with E-state index >= 15 is 0 Å². The molecule has 0 aliphatic heterocycles. The number of hydrogen-bond donors (Lipinski definition) is 1. The first kappa shape index (κ1) is 24.6. The summed E-state index contributed by atoms with van der Waals surface area (Å²) in [6.45, 7) is 1.57. The van der Waals surface area contributed by atoms with E-state index in [0.29, 0.717) is 5.56 Å². The Bertz CT molecular complexity index is 1480. The van der Waals surface area contributed by atoms with Crippen molar-refractivity contribution in [3.05, 3.63) is 128 Å². The summed E-state index contributed by atoms with van der Waals surface area (Å²) < 4.78 is 40.6. The van der Waals surface area contributed by atoms with Crippen LogP contribution in [0.5, 0.6) is 0 Å². The second-order valence-electron chi connectivity index (χ2n) is 8.07. The van der Waals surface area contributed by atoms with Crippen LogP contribution in [0.25, 0.3) is 5.69 Å². The van der Waals surface area contributed by atoms with E-state index in [1.807, 2.05) is 6.07 Å². The van der Waals surface area contributed by atoms with Gasteiger partial charge < -0.3 is 5.32 Å². The van der Waals surface area contributed by atoms with Crippen LogP contribution in [-0.2, 0) is 12.7 Å². The third kappa shape index (κ3) is 5.27. The minimum absolute atomic E-state index is 0.0278. The number of amides is 1. The average molecular weight is 494 g/mol. The maximum absolute atomic E-state index is 13.2. The van der Waals surface area contributed by atoms with Gasteiger partial charge in [0.05, 0.1) is 23.8 Å². The molecule has 4 rings (SSSR count). The predicted octanol–water partition coefficient (Wildman–Crippen LogP) is 3.95. The molecule has 36 heavy (non-hydrogen) atoms. The molecule has 1 amide bonds. The first-order chi connectivity index (χ1) is 17.1. The van der Waals surface area contributed by atoms with E-state index in [2.05, 4.69) is 10.4 Å². The van der Waals surface area contributed by atoms with Crippen molar-refractivity contribution in [3.63, 3.8) is 0 Å². The van der Waals surface area contributed by atoms with Crippen LogP contribution in [0.1, 0.15) is 40.1 Å². The van der Waals surface area contributed by atoms with Crippen molar-refractivity contribution in [1.82, 2.24) is 19.7 Å². The zero-order chi connectivity index (χ0) is 25.9. The number of halogens is 3. The number of hydrogen-bond acceptors (Lipinski definition) is 4. The quantitative estimate of drug-likeness (QED) is 0.440. The zero-order valence-corrected chi connectivity index (χ0v) is 19.1. The van der Waals surface area contributed by atoms with E-state index in [4.69, 9.17) is 0 Å². The molecule has 3 aromatic carbocycles. The molecule has 1 N–H and O–H groups in total. The van der Waals surface area contributed by atoms with Gasteiger partial charge in [0.25, 0.3) is 11.5 Å². The molecule has 0 spiro atoms. The Hall–Kier alpha value is -4.47. The van der Waals surface area contributed by atoms with Crippen LogP contribution in [0.15, 0.2) is 94.5 Å². The van der Waals surface area contributed by atoms with Crippen molar-refractivity contribution in [2.24, 2.45) is 0 Å².